The van der Waals surface area contributed by atoms with Gasteiger partial charge in [-0.25, -0.2) is 0 Å². The van der Waals surface area contributed by atoms with E-state index >= 15 is 0 Å². The maximum Gasteiger partial charge on any atom is 0.248 e. The number of benzene rings is 3. The van der Waals surface area contributed by atoms with Crippen molar-refractivity contribution in [2.75, 3.05) is 11.9 Å². The Balaban J connectivity index is 1.72. The molecule has 0 radical (unpaired) electrons. The number of anilines is 1. The Hall–Kier alpha value is -3.79. The third kappa shape index (κ3) is 5.01. The van der Waals surface area contributed by atoms with Crippen LogP contribution in [0.5, 0.6) is 5.75 Å². The van der Waals surface area contributed by atoms with E-state index in [9.17, 15) is 4.79 Å². The SMILES string of the molecule is CCOc1cc2occ(-c3ccc(C)cc3)c2cc1/C(C)=C/C(=O)Nc1cc(C)cc(C)c1. The molecule has 1 amide bonds. The third-order valence-electron chi connectivity index (χ3n) is 5.60. The van der Waals surface area contributed by atoms with Gasteiger partial charge in [0.05, 0.1) is 12.9 Å². The highest BCUT2D eigenvalue weighted by Gasteiger charge is 2.15. The second kappa shape index (κ2) is 9.37. The zero-order valence-corrected chi connectivity index (χ0v) is 19.8. The Morgan fingerprint density at radius 3 is 2.33 bits per heavy atom. The molecule has 1 aromatic heterocycles. The number of furan rings is 1. The number of hydrogen-bond acceptors (Lipinski definition) is 3. The van der Waals surface area contributed by atoms with Gasteiger partial charge in [0, 0.05) is 34.3 Å². The molecule has 0 bridgehead atoms. The maximum absolute atomic E-state index is 12.8. The summed E-state index contributed by atoms with van der Waals surface area (Å²) in [7, 11) is 0. The van der Waals surface area contributed by atoms with Crippen molar-refractivity contribution in [3.05, 3.63) is 89.2 Å². The first-order valence-electron chi connectivity index (χ1n) is 11.2. The number of carbonyl (C=O) groups excluding carboxylic acids is 1. The summed E-state index contributed by atoms with van der Waals surface area (Å²) < 4.78 is 11.8. The zero-order valence-electron chi connectivity index (χ0n) is 19.8. The molecule has 1 N–H and O–H groups in total. The first kappa shape index (κ1) is 22.4. The van der Waals surface area contributed by atoms with Gasteiger partial charge in [0.1, 0.15) is 11.3 Å². The van der Waals surface area contributed by atoms with E-state index < -0.39 is 0 Å². The van der Waals surface area contributed by atoms with Crippen molar-refractivity contribution in [2.45, 2.75) is 34.6 Å². The maximum atomic E-state index is 12.8. The van der Waals surface area contributed by atoms with Crippen LogP contribution < -0.4 is 10.1 Å². The highest BCUT2D eigenvalue weighted by Crippen LogP contribution is 2.37. The Morgan fingerprint density at radius 2 is 1.67 bits per heavy atom. The molecule has 0 saturated carbocycles. The Kier molecular flexibility index (Phi) is 6.36. The van der Waals surface area contributed by atoms with E-state index in [0.29, 0.717) is 12.4 Å². The normalized spacial score (nSPS) is 11.6. The second-order valence-corrected chi connectivity index (χ2v) is 8.49. The van der Waals surface area contributed by atoms with Crippen molar-refractivity contribution in [1.82, 2.24) is 0 Å². The average molecular weight is 440 g/mol. The largest absolute Gasteiger partial charge is 0.493 e. The number of rotatable bonds is 6. The van der Waals surface area contributed by atoms with Gasteiger partial charge >= 0.3 is 0 Å². The van der Waals surface area contributed by atoms with Crippen LogP contribution in [0.25, 0.3) is 27.7 Å². The van der Waals surface area contributed by atoms with Crippen LogP contribution in [-0.2, 0) is 4.79 Å². The minimum Gasteiger partial charge on any atom is -0.493 e. The van der Waals surface area contributed by atoms with Gasteiger partial charge in [-0.2, -0.15) is 0 Å². The summed E-state index contributed by atoms with van der Waals surface area (Å²) in [6.07, 6.45) is 3.40. The number of allylic oxidation sites excluding steroid dienone is 1. The van der Waals surface area contributed by atoms with Gasteiger partial charge in [0.25, 0.3) is 0 Å². The molecule has 4 aromatic rings. The summed E-state index contributed by atoms with van der Waals surface area (Å²) in [5, 5.41) is 3.96. The van der Waals surface area contributed by atoms with Crippen LogP contribution in [0.15, 0.2) is 71.4 Å². The summed E-state index contributed by atoms with van der Waals surface area (Å²) in [5.41, 5.74) is 8.76. The molecular formula is C29H29NO3. The van der Waals surface area contributed by atoms with Crippen LogP contribution in [0.1, 0.15) is 36.1 Å². The fraction of sp³-hybridized carbons (Fsp3) is 0.207. The van der Waals surface area contributed by atoms with Gasteiger partial charge in [0.2, 0.25) is 5.91 Å². The van der Waals surface area contributed by atoms with Crippen LogP contribution in [0.2, 0.25) is 0 Å². The van der Waals surface area contributed by atoms with Gasteiger partial charge < -0.3 is 14.5 Å². The predicted molar refractivity (Wildman–Crippen MR) is 136 cm³/mol. The Labute approximate surface area is 194 Å². The van der Waals surface area contributed by atoms with E-state index in [-0.39, 0.29) is 5.91 Å². The molecule has 4 rings (SSSR count). The van der Waals surface area contributed by atoms with Crippen molar-refractivity contribution in [1.29, 1.82) is 0 Å². The van der Waals surface area contributed by atoms with E-state index in [1.54, 1.807) is 12.3 Å². The number of amides is 1. The van der Waals surface area contributed by atoms with Crippen LogP contribution in [0.3, 0.4) is 0 Å². The minimum atomic E-state index is -0.175. The molecule has 0 aliphatic rings. The minimum absolute atomic E-state index is 0.175. The Bertz CT molecular complexity index is 1320. The second-order valence-electron chi connectivity index (χ2n) is 8.49. The lowest BCUT2D eigenvalue weighted by Crippen LogP contribution is -2.09. The topological polar surface area (TPSA) is 51.5 Å². The van der Waals surface area contributed by atoms with Crippen molar-refractivity contribution in [3.63, 3.8) is 0 Å². The smallest absolute Gasteiger partial charge is 0.248 e. The lowest BCUT2D eigenvalue weighted by molar-refractivity contribution is -0.111. The van der Waals surface area contributed by atoms with E-state index in [0.717, 1.165) is 50.0 Å². The van der Waals surface area contributed by atoms with Gasteiger partial charge in [0.15, 0.2) is 0 Å². The number of carbonyl (C=O) groups is 1. The lowest BCUT2D eigenvalue weighted by atomic mass is 9.98. The summed E-state index contributed by atoms with van der Waals surface area (Å²) in [6, 6.07) is 18.3. The number of fused-ring (bicyclic) bond motifs is 1. The summed E-state index contributed by atoms with van der Waals surface area (Å²) >= 11 is 0. The van der Waals surface area contributed by atoms with Crippen molar-refractivity contribution >= 4 is 28.1 Å². The first-order chi connectivity index (χ1) is 15.8. The van der Waals surface area contributed by atoms with Crippen LogP contribution in [0.4, 0.5) is 5.69 Å². The Morgan fingerprint density at radius 1 is 0.970 bits per heavy atom. The molecule has 0 unspecified atom stereocenters. The molecule has 0 aliphatic carbocycles. The molecule has 4 heteroatoms. The van der Waals surface area contributed by atoms with Crippen molar-refractivity contribution in [3.8, 4) is 16.9 Å². The first-order valence-corrected chi connectivity index (χ1v) is 11.2. The van der Waals surface area contributed by atoms with Gasteiger partial charge in [-0.1, -0.05) is 35.9 Å². The quantitative estimate of drug-likeness (QED) is 0.317. The monoisotopic (exact) mass is 439 g/mol. The van der Waals surface area contributed by atoms with Gasteiger partial charge in [-0.05, 0) is 75.1 Å². The average Bonchev–Trinajstić information content (AvgIpc) is 3.16. The zero-order chi connectivity index (χ0) is 23.5. The number of aryl methyl sites for hydroxylation is 3. The molecule has 4 nitrogen and oxygen atoms in total. The van der Waals surface area contributed by atoms with E-state index in [1.165, 1.54) is 5.56 Å². The summed E-state index contributed by atoms with van der Waals surface area (Å²) in [5.74, 6) is 0.522. The predicted octanol–water partition coefficient (Wildman–Crippen LogP) is 7.47. The van der Waals surface area contributed by atoms with Crippen molar-refractivity contribution < 1.29 is 13.9 Å². The highest BCUT2D eigenvalue weighted by atomic mass is 16.5. The molecule has 0 aliphatic heterocycles. The molecular weight excluding hydrogens is 410 g/mol. The van der Waals surface area contributed by atoms with Gasteiger partial charge in [-0.15, -0.1) is 0 Å². The summed E-state index contributed by atoms with van der Waals surface area (Å²) in [6.45, 7) is 10.5. The van der Waals surface area contributed by atoms with Gasteiger partial charge in [-0.3, -0.25) is 4.79 Å². The molecule has 33 heavy (non-hydrogen) atoms. The van der Waals surface area contributed by atoms with Crippen molar-refractivity contribution in [2.24, 2.45) is 0 Å². The number of nitrogens with one attached hydrogen (secondary N) is 1. The van der Waals surface area contributed by atoms with E-state index in [1.807, 2.05) is 45.9 Å². The van der Waals surface area contributed by atoms with Crippen LogP contribution in [0, 0.1) is 20.8 Å². The molecule has 0 saturated heterocycles. The third-order valence-corrected chi connectivity index (χ3v) is 5.60. The van der Waals surface area contributed by atoms with Crippen LogP contribution >= 0.6 is 0 Å². The highest BCUT2D eigenvalue weighted by molar-refractivity contribution is 6.05. The van der Waals surface area contributed by atoms with Crippen LogP contribution in [-0.4, -0.2) is 12.5 Å². The lowest BCUT2D eigenvalue weighted by Gasteiger charge is -2.12. The number of hydrogen-bond donors (Lipinski definition) is 1. The molecule has 168 valence electrons. The van der Waals surface area contributed by atoms with E-state index in [4.69, 9.17) is 9.15 Å². The molecule has 0 atom stereocenters. The van der Waals surface area contributed by atoms with E-state index in [2.05, 4.69) is 48.6 Å². The fourth-order valence-corrected chi connectivity index (χ4v) is 4.09. The molecule has 0 fully saturated rings. The summed E-state index contributed by atoms with van der Waals surface area (Å²) in [4.78, 5) is 12.8. The standard InChI is InChI=1S/C29H29NO3/c1-6-32-27-16-28-25(26(17-33-28)22-9-7-18(2)8-10-22)15-24(27)21(5)14-29(31)30-23-12-19(3)11-20(4)13-23/h7-17H,6H2,1-5H3,(H,30,31)/b21-14+. The molecule has 0 spiro atoms. The fourth-order valence-electron chi connectivity index (χ4n) is 4.09. The number of ether oxygens (including phenoxy) is 1. The molecule has 1 heterocycles. The molecule has 3 aromatic carbocycles.